The molecule has 0 amide bonds. The highest BCUT2D eigenvalue weighted by Gasteiger charge is 2.31. The molecule has 2 aromatic carbocycles. The van der Waals surface area contributed by atoms with E-state index >= 15 is 0 Å². The van der Waals surface area contributed by atoms with Gasteiger partial charge >= 0.3 is 0 Å². The minimum Gasteiger partial charge on any atom is -0.497 e. The molecule has 0 aliphatic rings. The van der Waals surface area contributed by atoms with Crippen LogP contribution in [0, 0.1) is 0 Å². The highest BCUT2D eigenvalue weighted by molar-refractivity contribution is 5.72. The number of para-hydroxylation sites is 2. The zero-order valence-electron chi connectivity index (χ0n) is 11.3. The van der Waals surface area contributed by atoms with Gasteiger partial charge in [0.1, 0.15) is 11.3 Å². The summed E-state index contributed by atoms with van der Waals surface area (Å²) in [7, 11) is 1.61. The molecule has 0 saturated heterocycles. The summed E-state index contributed by atoms with van der Waals surface area (Å²) < 4.78 is 10.8. The molecular weight excluding hydrogens is 254 g/mol. The topological polar surface area (TPSA) is 55.5 Å². The van der Waals surface area contributed by atoms with Gasteiger partial charge in [-0.15, -0.1) is 0 Å². The molecule has 4 nitrogen and oxygen atoms in total. The molecule has 1 N–H and O–H groups in total. The summed E-state index contributed by atoms with van der Waals surface area (Å²) >= 11 is 0. The van der Waals surface area contributed by atoms with E-state index in [1.54, 1.807) is 38.3 Å². The third kappa shape index (κ3) is 2.04. The number of rotatable bonds is 3. The zero-order valence-corrected chi connectivity index (χ0v) is 11.3. The molecule has 20 heavy (non-hydrogen) atoms. The summed E-state index contributed by atoms with van der Waals surface area (Å²) in [5.74, 6) is 1.02. The van der Waals surface area contributed by atoms with Crippen molar-refractivity contribution in [1.82, 2.24) is 4.98 Å². The summed E-state index contributed by atoms with van der Waals surface area (Å²) in [5, 5.41) is 10.7. The first-order valence-corrected chi connectivity index (χ1v) is 6.34. The maximum absolute atomic E-state index is 10.7. The predicted octanol–water partition coefficient (Wildman–Crippen LogP) is 3.09. The fourth-order valence-electron chi connectivity index (χ4n) is 2.12. The number of aromatic nitrogens is 1. The summed E-state index contributed by atoms with van der Waals surface area (Å²) in [6.07, 6.45) is 0. The number of hydrogen-bond acceptors (Lipinski definition) is 4. The highest BCUT2D eigenvalue weighted by atomic mass is 16.5. The molecule has 0 fully saturated rings. The van der Waals surface area contributed by atoms with Crippen LogP contribution in [0.5, 0.6) is 5.75 Å². The fraction of sp³-hybridized carbons (Fsp3) is 0.188. The lowest BCUT2D eigenvalue weighted by Gasteiger charge is -2.20. The molecule has 1 unspecified atom stereocenters. The van der Waals surface area contributed by atoms with Crippen molar-refractivity contribution in [2.75, 3.05) is 7.11 Å². The minimum absolute atomic E-state index is 0.281. The summed E-state index contributed by atoms with van der Waals surface area (Å²) in [6.45, 7) is 1.67. The first-order chi connectivity index (χ1) is 9.61. The van der Waals surface area contributed by atoms with Crippen LogP contribution in [-0.2, 0) is 5.60 Å². The molecule has 0 aliphatic carbocycles. The number of oxazole rings is 1. The average molecular weight is 269 g/mol. The van der Waals surface area contributed by atoms with Gasteiger partial charge in [0, 0.05) is 0 Å². The Morgan fingerprint density at radius 1 is 1.10 bits per heavy atom. The Balaban J connectivity index is 2.04. The van der Waals surface area contributed by atoms with Gasteiger partial charge in [-0.25, -0.2) is 4.98 Å². The first-order valence-electron chi connectivity index (χ1n) is 6.34. The smallest absolute Gasteiger partial charge is 0.231 e. The lowest BCUT2D eigenvalue weighted by Crippen LogP contribution is -2.23. The van der Waals surface area contributed by atoms with Crippen molar-refractivity contribution in [2.24, 2.45) is 0 Å². The van der Waals surface area contributed by atoms with E-state index in [0.29, 0.717) is 11.1 Å². The Labute approximate surface area is 116 Å². The fourth-order valence-corrected chi connectivity index (χ4v) is 2.12. The van der Waals surface area contributed by atoms with E-state index in [0.717, 1.165) is 11.3 Å². The monoisotopic (exact) mass is 269 g/mol. The molecule has 0 aliphatic heterocycles. The van der Waals surface area contributed by atoms with Crippen LogP contribution in [0.25, 0.3) is 11.1 Å². The van der Waals surface area contributed by atoms with E-state index in [-0.39, 0.29) is 5.89 Å². The lowest BCUT2D eigenvalue weighted by molar-refractivity contribution is 0.0726. The van der Waals surface area contributed by atoms with E-state index in [1.807, 2.05) is 24.3 Å². The van der Waals surface area contributed by atoms with E-state index in [9.17, 15) is 5.11 Å². The lowest BCUT2D eigenvalue weighted by atomic mass is 9.96. The van der Waals surface area contributed by atoms with Crippen molar-refractivity contribution >= 4 is 11.1 Å². The van der Waals surface area contributed by atoms with Crippen LogP contribution in [0.3, 0.4) is 0 Å². The van der Waals surface area contributed by atoms with Crippen LogP contribution in [0.15, 0.2) is 52.9 Å². The van der Waals surface area contributed by atoms with Gasteiger partial charge in [-0.2, -0.15) is 0 Å². The van der Waals surface area contributed by atoms with Gasteiger partial charge in [0.15, 0.2) is 11.2 Å². The minimum atomic E-state index is -1.29. The molecule has 3 aromatic rings. The standard InChI is InChI=1S/C16H15NO3/c1-16(18,11-7-9-12(19-2)10-8-11)15-17-13-5-3-4-6-14(13)20-15/h3-10,18H,1-2H3. The molecule has 3 rings (SSSR count). The quantitative estimate of drug-likeness (QED) is 0.793. The van der Waals surface area contributed by atoms with E-state index < -0.39 is 5.60 Å². The maximum Gasteiger partial charge on any atom is 0.231 e. The number of aliphatic hydroxyl groups is 1. The molecule has 0 radical (unpaired) electrons. The van der Waals surface area contributed by atoms with Crippen molar-refractivity contribution < 1.29 is 14.3 Å². The second kappa shape index (κ2) is 4.65. The molecule has 0 bridgehead atoms. The Kier molecular flexibility index (Phi) is 2.95. The van der Waals surface area contributed by atoms with Gasteiger partial charge in [0.25, 0.3) is 0 Å². The number of methoxy groups -OCH3 is 1. The highest BCUT2D eigenvalue weighted by Crippen LogP contribution is 2.31. The van der Waals surface area contributed by atoms with Crippen molar-refractivity contribution in [3.05, 3.63) is 60.0 Å². The second-order valence-corrected chi connectivity index (χ2v) is 4.79. The van der Waals surface area contributed by atoms with Gasteiger partial charge in [0.2, 0.25) is 5.89 Å². The first kappa shape index (κ1) is 12.7. The Morgan fingerprint density at radius 3 is 2.45 bits per heavy atom. The summed E-state index contributed by atoms with van der Waals surface area (Å²) in [6, 6.07) is 14.6. The third-order valence-electron chi connectivity index (χ3n) is 3.36. The van der Waals surface area contributed by atoms with Gasteiger partial charge in [-0.1, -0.05) is 24.3 Å². The number of benzene rings is 2. The molecule has 4 heteroatoms. The number of fused-ring (bicyclic) bond motifs is 1. The van der Waals surface area contributed by atoms with Gasteiger partial charge in [-0.3, -0.25) is 0 Å². The SMILES string of the molecule is COc1ccc(C(C)(O)c2nc3ccccc3o2)cc1. The summed E-state index contributed by atoms with van der Waals surface area (Å²) in [5.41, 5.74) is 0.808. The van der Waals surface area contributed by atoms with Crippen LogP contribution in [0.1, 0.15) is 18.4 Å². The number of nitrogens with zero attached hydrogens (tertiary/aromatic N) is 1. The average Bonchev–Trinajstić information content (AvgIpc) is 2.92. The normalized spacial score (nSPS) is 14.2. The van der Waals surface area contributed by atoms with Crippen LogP contribution < -0.4 is 4.74 Å². The van der Waals surface area contributed by atoms with Crippen LogP contribution in [0.2, 0.25) is 0 Å². The van der Waals surface area contributed by atoms with E-state index in [2.05, 4.69) is 4.98 Å². The summed E-state index contributed by atoms with van der Waals surface area (Å²) in [4.78, 5) is 4.36. The second-order valence-electron chi connectivity index (χ2n) is 4.79. The van der Waals surface area contributed by atoms with E-state index in [1.165, 1.54) is 0 Å². The number of ether oxygens (including phenoxy) is 1. The third-order valence-corrected chi connectivity index (χ3v) is 3.36. The zero-order chi connectivity index (χ0) is 14.2. The predicted molar refractivity (Wildman–Crippen MR) is 75.7 cm³/mol. The van der Waals surface area contributed by atoms with Crippen molar-refractivity contribution in [3.63, 3.8) is 0 Å². The Bertz CT molecular complexity index is 696. The van der Waals surface area contributed by atoms with E-state index in [4.69, 9.17) is 9.15 Å². The number of hydrogen-bond donors (Lipinski definition) is 1. The van der Waals surface area contributed by atoms with Crippen LogP contribution in [-0.4, -0.2) is 17.2 Å². The largest absolute Gasteiger partial charge is 0.497 e. The molecule has 0 saturated carbocycles. The van der Waals surface area contributed by atoms with Gasteiger partial charge in [0.05, 0.1) is 7.11 Å². The molecule has 1 aromatic heterocycles. The van der Waals surface area contributed by atoms with Crippen LogP contribution in [0.4, 0.5) is 0 Å². The molecular formula is C16H15NO3. The Hall–Kier alpha value is -2.33. The van der Waals surface area contributed by atoms with Crippen molar-refractivity contribution in [2.45, 2.75) is 12.5 Å². The van der Waals surface area contributed by atoms with Gasteiger partial charge in [-0.05, 0) is 36.8 Å². The molecule has 1 heterocycles. The Morgan fingerprint density at radius 2 is 1.80 bits per heavy atom. The molecule has 0 spiro atoms. The van der Waals surface area contributed by atoms with Crippen molar-refractivity contribution in [1.29, 1.82) is 0 Å². The molecule has 102 valence electrons. The maximum atomic E-state index is 10.7. The van der Waals surface area contributed by atoms with Gasteiger partial charge < -0.3 is 14.3 Å². The molecule has 1 atom stereocenters. The van der Waals surface area contributed by atoms with Crippen molar-refractivity contribution in [3.8, 4) is 5.75 Å². The van der Waals surface area contributed by atoms with Crippen LogP contribution >= 0.6 is 0 Å².